The number of nitrogens with one attached hydrogen (secondary N) is 1. The van der Waals surface area contributed by atoms with Gasteiger partial charge < -0.3 is 16.2 Å². The number of amides is 1. The van der Waals surface area contributed by atoms with Crippen LogP contribution in [0.3, 0.4) is 0 Å². The first-order valence-electron chi connectivity index (χ1n) is 6.64. The van der Waals surface area contributed by atoms with Crippen molar-refractivity contribution in [1.29, 1.82) is 0 Å². The van der Waals surface area contributed by atoms with Gasteiger partial charge in [-0.25, -0.2) is 0 Å². The standard InChI is InChI=1S/C13H24N2O3/c1-9(14)6-7-11(16)15-10-5-3-4-8-13(10,2)12(17)18/h9-10H,3-8,14H2,1-2H3,(H,15,16)(H,17,18). The van der Waals surface area contributed by atoms with E-state index in [9.17, 15) is 14.7 Å². The highest BCUT2D eigenvalue weighted by molar-refractivity contribution is 5.79. The fourth-order valence-electron chi connectivity index (χ4n) is 2.45. The van der Waals surface area contributed by atoms with E-state index in [1.807, 2.05) is 6.92 Å². The first kappa shape index (κ1) is 15.0. The molecule has 5 nitrogen and oxygen atoms in total. The first-order valence-corrected chi connectivity index (χ1v) is 6.64. The highest BCUT2D eigenvalue weighted by atomic mass is 16.4. The second-order valence-electron chi connectivity index (χ2n) is 5.60. The first-order chi connectivity index (χ1) is 8.36. The molecule has 1 amide bonds. The Morgan fingerprint density at radius 1 is 1.50 bits per heavy atom. The molecule has 4 N–H and O–H groups in total. The third-order valence-electron chi connectivity index (χ3n) is 3.86. The molecule has 1 aliphatic carbocycles. The van der Waals surface area contributed by atoms with Gasteiger partial charge in [0.15, 0.2) is 0 Å². The van der Waals surface area contributed by atoms with Gasteiger partial charge in [0.25, 0.3) is 0 Å². The van der Waals surface area contributed by atoms with E-state index in [-0.39, 0.29) is 18.0 Å². The number of carboxylic acids is 1. The van der Waals surface area contributed by atoms with Gasteiger partial charge >= 0.3 is 5.97 Å². The van der Waals surface area contributed by atoms with Crippen LogP contribution in [0.15, 0.2) is 0 Å². The minimum absolute atomic E-state index is 0.00652. The zero-order valence-corrected chi connectivity index (χ0v) is 11.2. The average molecular weight is 256 g/mol. The molecule has 0 aromatic rings. The van der Waals surface area contributed by atoms with Crippen molar-refractivity contribution in [3.63, 3.8) is 0 Å². The van der Waals surface area contributed by atoms with E-state index in [0.29, 0.717) is 19.3 Å². The van der Waals surface area contributed by atoms with Crippen LogP contribution >= 0.6 is 0 Å². The van der Waals surface area contributed by atoms with Crippen molar-refractivity contribution in [2.45, 2.75) is 64.5 Å². The van der Waals surface area contributed by atoms with E-state index >= 15 is 0 Å². The quantitative estimate of drug-likeness (QED) is 0.690. The van der Waals surface area contributed by atoms with Gasteiger partial charge in [-0.15, -0.1) is 0 Å². The van der Waals surface area contributed by atoms with Gasteiger partial charge in [0, 0.05) is 18.5 Å². The SMILES string of the molecule is CC(N)CCC(=O)NC1CCCCC1(C)C(=O)O. The van der Waals surface area contributed by atoms with Gasteiger partial charge in [0.1, 0.15) is 0 Å². The third kappa shape index (κ3) is 3.70. The molecule has 5 heteroatoms. The Kier molecular flexibility index (Phi) is 5.14. The van der Waals surface area contributed by atoms with Gasteiger partial charge in [-0.3, -0.25) is 9.59 Å². The van der Waals surface area contributed by atoms with E-state index in [1.54, 1.807) is 6.92 Å². The Morgan fingerprint density at radius 2 is 2.17 bits per heavy atom. The maximum absolute atomic E-state index is 11.8. The minimum Gasteiger partial charge on any atom is -0.481 e. The fraction of sp³-hybridized carbons (Fsp3) is 0.846. The molecule has 18 heavy (non-hydrogen) atoms. The number of hydrogen-bond acceptors (Lipinski definition) is 3. The molecule has 0 bridgehead atoms. The molecule has 0 heterocycles. The van der Waals surface area contributed by atoms with Crippen molar-refractivity contribution in [3.8, 4) is 0 Å². The van der Waals surface area contributed by atoms with Crippen LogP contribution in [-0.2, 0) is 9.59 Å². The van der Waals surface area contributed by atoms with Crippen molar-refractivity contribution in [3.05, 3.63) is 0 Å². The Balaban J connectivity index is 2.57. The van der Waals surface area contributed by atoms with Crippen LogP contribution in [0.4, 0.5) is 0 Å². The molecule has 0 aromatic carbocycles. The Hall–Kier alpha value is -1.10. The van der Waals surface area contributed by atoms with Crippen LogP contribution in [0, 0.1) is 5.41 Å². The monoisotopic (exact) mass is 256 g/mol. The number of aliphatic carboxylic acids is 1. The zero-order valence-electron chi connectivity index (χ0n) is 11.2. The van der Waals surface area contributed by atoms with Gasteiger partial charge in [0.2, 0.25) is 5.91 Å². The number of carbonyl (C=O) groups is 2. The molecule has 1 aliphatic rings. The summed E-state index contributed by atoms with van der Waals surface area (Å²) in [6.07, 6.45) is 4.25. The lowest BCUT2D eigenvalue weighted by molar-refractivity contribution is -0.152. The van der Waals surface area contributed by atoms with Crippen LogP contribution in [-0.4, -0.2) is 29.1 Å². The van der Waals surface area contributed by atoms with Crippen LogP contribution in [0.1, 0.15) is 52.4 Å². The number of carbonyl (C=O) groups excluding carboxylic acids is 1. The Labute approximate surface area is 108 Å². The van der Waals surface area contributed by atoms with Crippen molar-refractivity contribution in [2.24, 2.45) is 11.1 Å². The maximum Gasteiger partial charge on any atom is 0.311 e. The molecule has 3 atom stereocenters. The Bertz CT molecular complexity index is 317. The molecule has 0 aromatic heterocycles. The molecule has 0 saturated heterocycles. The molecule has 0 spiro atoms. The summed E-state index contributed by atoms with van der Waals surface area (Å²) in [7, 11) is 0. The lowest BCUT2D eigenvalue weighted by atomic mass is 9.71. The van der Waals surface area contributed by atoms with Crippen molar-refractivity contribution < 1.29 is 14.7 Å². The van der Waals surface area contributed by atoms with Crippen LogP contribution in [0.5, 0.6) is 0 Å². The topological polar surface area (TPSA) is 92.4 Å². The van der Waals surface area contributed by atoms with E-state index in [0.717, 1.165) is 19.3 Å². The van der Waals surface area contributed by atoms with Gasteiger partial charge in [-0.1, -0.05) is 12.8 Å². The summed E-state index contributed by atoms with van der Waals surface area (Å²) < 4.78 is 0. The second kappa shape index (κ2) is 6.18. The molecule has 1 rings (SSSR count). The molecule has 1 fully saturated rings. The highest BCUT2D eigenvalue weighted by Crippen LogP contribution is 2.36. The number of hydrogen-bond donors (Lipinski definition) is 3. The van der Waals surface area contributed by atoms with E-state index < -0.39 is 11.4 Å². The fourth-order valence-corrected chi connectivity index (χ4v) is 2.45. The third-order valence-corrected chi connectivity index (χ3v) is 3.86. The Morgan fingerprint density at radius 3 is 2.72 bits per heavy atom. The minimum atomic E-state index is -0.831. The lowest BCUT2D eigenvalue weighted by Gasteiger charge is -2.38. The molecule has 3 unspecified atom stereocenters. The summed E-state index contributed by atoms with van der Waals surface area (Å²) >= 11 is 0. The number of nitrogens with two attached hydrogens (primary N) is 1. The normalized spacial score (nSPS) is 29.6. The van der Waals surface area contributed by atoms with E-state index in [4.69, 9.17) is 5.73 Å². The predicted octanol–water partition coefficient (Wildman–Crippen LogP) is 1.26. The van der Waals surface area contributed by atoms with Crippen LogP contribution in [0.25, 0.3) is 0 Å². The average Bonchev–Trinajstić information content (AvgIpc) is 2.29. The summed E-state index contributed by atoms with van der Waals surface area (Å²) in [5, 5.41) is 12.2. The highest BCUT2D eigenvalue weighted by Gasteiger charge is 2.43. The smallest absolute Gasteiger partial charge is 0.311 e. The largest absolute Gasteiger partial charge is 0.481 e. The molecule has 1 saturated carbocycles. The number of carboxylic acid groups (broad SMARTS) is 1. The molecular weight excluding hydrogens is 232 g/mol. The summed E-state index contributed by atoms with van der Waals surface area (Å²) in [4.78, 5) is 23.1. The maximum atomic E-state index is 11.8. The van der Waals surface area contributed by atoms with Crippen molar-refractivity contribution >= 4 is 11.9 Å². The van der Waals surface area contributed by atoms with E-state index in [2.05, 4.69) is 5.32 Å². The zero-order chi connectivity index (χ0) is 13.8. The summed E-state index contributed by atoms with van der Waals surface area (Å²) in [5.41, 5.74) is 4.77. The van der Waals surface area contributed by atoms with Gasteiger partial charge in [-0.2, -0.15) is 0 Å². The van der Waals surface area contributed by atoms with Crippen molar-refractivity contribution in [2.75, 3.05) is 0 Å². The second-order valence-corrected chi connectivity index (χ2v) is 5.60. The summed E-state index contributed by atoms with van der Waals surface area (Å²) in [6, 6.07) is -0.266. The molecule has 0 radical (unpaired) electrons. The van der Waals surface area contributed by atoms with Crippen LogP contribution in [0.2, 0.25) is 0 Å². The number of rotatable bonds is 5. The van der Waals surface area contributed by atoms with Gasteiger partial charge in [0.05, 0.1) is 5.41 Å². The molecular formula is C13H24N2O3. The van der Waals surface area contributed by atoms with Crippen molar-refractivity contribution in [1.82, 2.24) is 5.32 Å². The predicted molar refractivity (Wildman–Crippen MR) is 69.0 cm³/mol. The summed E-state index contributed by atoms with van der Waals surface area (Å²) in [5.74, 6) is -0.911. The van der Waals surface area contributed by atoms with E-state index in [1.165, 1.54) is 0 Å². The summed E-state index contributed by atoms with van der Waals surface area (Å²) in [6.45, 7) is 3.58. The van der Waals surface area contributed by atoms with Gasteiger partial charge in [-0.05, 0) is 33.1 Å². The lowest BCUT2D eigenvalue weighted by Crippen LogP contribution is -2.52. The molecule has 104 valence electrons. The molecule has 0 aliphatic heterocycles. The van der Waals surface area contributed by atoms with Crippen LogP contribution < -0.4 is 11.1 Å².